The van der Waals surface area contributed by atoms with Crippen LogP contribution in [0.1, 0.15) is 21.5 Å². The summed E-state index contributed by atoms with van der Waals surface area (Å²) in [6, 6.07) is 17.2. The summed E-state index contributed by atoms with van der Waals surface area (Å²) >= 11 is 0. The third-order valence-electron chi connectivity index (χ3n) is 4.12. The van der Waals surface area contributed by atoms with E-state index in [1.807, 2.05) is 30.3 Å². The van der Waals surface area contributed by atoms with Gasteiger partial charge in [0.25, 0.3) is 5.91 Å². The van der Waals surface area contributed by atoms with Gasteiger partial charge in [-0.2, -0.15) is 8.78 Å². The summed E-state index contributed by atoms with van der Waals surface area (Å²) in [5.74, 6) is 0.0926. The molecule has 1 heterocycles. The smallest absolute Gasteiger partial charge is 0.387 e. The number of ether oxygens (including phenoxy) is 3. The van der Waals surface area contributed by atoms with Crippen molar-refractivity contribution >= 4 is 5.91 Å². The van der Waals surface area contributed by atoms with E-state index in [1.165, 1.54) is 25.4 Å². The van der Waals surface area contributed by atoms with Gasteiger partial charge in [-0.15, -0.1) is 0 Å². The average molecular weight is 414 g/mol. The molecule has 156 valence electrons. The fraction of sp³-hybridized carbons (Fsp3) is 0.182. The highest BCUT2D eigenvalue weighted by Gasteiger charge is 2.12. The van der Waals surface area contributed by atoms with Gasteiger partial charge < -0.3 is 19.5 Å². The number of halogens is 2. The summed E-state index contributed by atoms with van der Waals surface area (Å²) in [5, 5.41) is 2.76. The first-order valence-corrected chi connectivity index (χ1v) is 9.08. The molecule has 0 aliphatic rings. The van der Waals surface area contributed by atoms with E-state index in [0.29, 0.717) is 23.6 Å². The number of rotatable bonds is 9. The molecule has 1 aromatic heterocycles. The normalized spacial score (nSPS) is 10.5. The number of methoxy groups -OCH3 is 1. The lowest BCUT2D eigenvalue weighted by molar-refractivity contribution is -0.0512. The summed E-state index contributed by atoms with van der Waals surface area (Å²) in [4.78, 5) is 16.6. The van der Waals surface area contributed by atoms with Crippen molar-refractivity contribution in [1.29, 1.82) is 0 Å². The zero-order valence-electron chi connectivity index (χ0n) is 16.2. The lowest BCUT2D eigenvalue weighted by Crippen LogP contribution is -2.23. The second-order valence-electron chi connectivity index (χ2n) is 6.20. The molecule has 0 saturated heterocycles. The topological polar surface area (TPSA) is 69.7 Å². The predicted octanol–water partition coefficient (Wildman–Crippen LogP) is 4.20. The number of nitrogens with one attached hydrogen (secondary N) is 1. The van der Waals surface area contributed by atoms with Crippen molar-refractivity contribution in [3.63, 3.8) is 0 Å². The van der Waals surface area contributed by atoms with Crippen LogP contribution >= 0.6 is 0 Å². The highest BCUT2D eigenvalue weighted by atomic mass is 19.3. The molecular weight excluding hydrogens is 394 g/mol. The number of carbonyl (C=O) groups excluding carboxylic acids is 1. The first kappa shape index (κ1) is 21.0. The van der Waals surface area contributed by atoms with Gasteiger partial charge in [-0.1, -0.05) is 36.4 Å². The average Bonchev–Trinajstić information content (AvgIpc) is 2.77. The highest BCUT2D eigenvalue weighted by molar-refractivity contribution is 5.94. The fourth-order valence-electron chi connectivity index (χ4n) is 2.66. The molecule has 0 aliphatic heterocycles. The van der Waals surface area contributed by atoms with Gasteiger partial charge in [0, 0.05) is 24.4 Å². The first-order chi connectivity index (χ1) is 14.5. The summed E-state index contributed by atoms with van der Waals surface area (Å²) in [6.07, 6.45) is 1.49. The number of benzene rings is 2. The van der Waals surface area contributed by atoms with Crippen molar-refractivity contribution < 1.29 is 27.8 Å². The SMILES string of the molecule is COc1cc(CNC(=O)c2ccnc(OCc3ccccc3)c2)ccc1OC(F)F. The minimum Gasteiger partial charge on any atom is -0.493 e. The molecule has 6 nitrogen and oxygen atoms in total. The zero-order chi connectivity index (χ0) is 21.3. The Kier molecular flexibility index (Phi) is 7.15. The molecular formula is C22H20F2N2O4. The molecule has 30 heavy (non-hydrogen) atoms. The Balaban J connectivity index is 1.59. The van der Waals surface area contributed by atoms with Crippen molar-refractivity contribution in [2.24, 2.45) is 0 Å². The third-order valence-corrected chi connectivity index (χ3v) is 4.12. The monoisotopic (exact) mass is 414 g/mol. The number of nitrogens with zero attached hydrogens (tertiary/aromatic N) is 1. The van der Waals surface area contributed by atoms with Crippen molar-refractivity contribution in [2.45, 2.75) is 19.8 Å². The molecule has 1 N–H and O–H groups in total. The van der Waals surface area contributed by atoms with Gasteiger partial charge in [-0.05, 0) is 29.3 Å². The Morgan fingerprint density at radius 2 is 1.83 bits per heavy atom. The molecule has 8 heteroatoms. The number of alkyl halides is 2. The van der Waals surface area contributed by atoms with Crippen LogP contribution in [0.4, 0.5) is 8.78 Å². The van der Waals surface area contributed by atoms with Crippen molar-refractivity contribution in [3.05, 3.63) is 83.6 Å². The number of carbonyl (C=O) groups is 1. The maximum absolute atomic E-state index is 12.5. The standard InChI is InChI=1S/C22H20F2N2O4/c1-28-19-11-16(7-8-18(19)30-22(23)24)13-26-21(27)17-9-10-25-20(12-17)29-14-15-5-3-2-4-6-15/h2-12,22H,13-14H2,1H3,(H,26,27). The van der Waals surface area contributed by atoms with Crippen molar-refractivity contribution in [2.75, 3.05) is 7.11 Å². The first-order valence-electron chi connectivity index (χ1n) is 9.08. The van der Waals surface area contributed by atoms with Crippen LogP contribution in [0.15, 0.2) is 66.9 Å². The third kappa shape index (κ3) is 5.91. The van der Waals surface area contributed by atoms with Crippen molar-refractivity contribution in [3.8, 4) is 17.4 Å². The number of hydrogen-bond acceptors (Lipinski definition) is 5. The largest absolute Gasteiger partial charge is 0.493 e. The Morgan fingerprint density at radius 1 is 1.03 bits per heavy atom. The van der Waals surface area contributed by atoms with E-state index in [0.717, 1.165) is 5.56 Å². The molecule has 3 aromatic rings. The molecule has 1 amide bonds. The fourth-order valence-corrected chi connectivity index (χ4v) is 2.66. The second-order valence-corrected chi connectivity index (χ2v) is 6.20. The molecule has 0 unspecified atom stereocenters. The van der Waals surface area contributed by atoms with Crippen LogP contribution < -0.4 is 19.5 Å². The van der Waals surface area contributed by atoms with Gasteiger partial charge in [0.1, 0.15) is 6.61 Å². The zero-order valence-corrected chi connectivity index (χ0v) is 16.2. The van der Waals surface area contributed by atoms with E-state index in [1.54, 1.807) is 18.2 Å². The van der Waals surface area contributed by atoms with Crippen LogP contribution in [0.3, 0.4) is 0 Å². The van der Waals surface area contributed by atoms with Gasteiger partial charge in [-0.3, -0.25) is 4.79 Å². The summed E-state index contributed by atoms with van der Waals surface area (Å²) in [5.41, 5.74) is 2.04. The molecule has 0 fully saturated rings. The molecule has 0 radical (unpaired) electrons. The number of pyridine rings is 1. The van der Waals surface area contributed by atoms with E-state index in [2.05, 4.69) is 15.0 Å². The maximum atomic E-state index is 12.5. The minimum atomic E-state index is -2.95. The molecule has 0 spiro atoms. The number of hydrogen-bond donors (Lipinski definition) is 1. The second kappa shape index (κ2) is 10.2. The van der Waals surface area contributed by atoms with Gasteiger partial charge in [0.15, 0.2) is 11.5 Å². The number of amides is 1. The Morgan fingerprint density at radius 3 is 2.57 bits per heavy atom. The van der Waals surface area contributed by atoms with Crippen LogP contribution in [0.5, 0.6) is 17.4 Å². The predicted molar refractivity (Wildman–Crippen MR) is 106 cm³/mol. The van der Waals surface area contributed by atoms with E-state index in [-0.39, 0.29) is 24.0 Å². The lowest BCUT2D eigenvalue weighted by atomic mass is 10.2. The molecule has 0 bridgehead atoms. The summed E-state index contributed by atoms with van der Waals surface area (Å²) in [7, 11) is 1.35. The Hall–Kier alpha value is -3.68. The molecule has 0 atom stereocenters. The van der Waals surface area contributed by atoms with Crippen molar-refractivity contribution in [1.82, 2.24) is 10.3 Å². The van der Waals surface area contributed by atoms with Crippen LogP contribution in [0.25, 0.3) is 0 Å². The van der Waals surface area contributed by atoms with Crippen LogP contribution in [0.2, 0.25) is 0 Å². The molecule has 3 rings (SSSR count). The molecule has 0 saturated carbocycles. The summed E-state index contributed by atoms with van der Waals surface area (Å²) < 4.78 is 39.9. The quantitative estimate of drug-likeness (QED) is 0.568. The lowest BCUT2D eigenvalue weighted by Gasteiger charge is -2.12. The molecule has 2 aromatic carbocycles. The van der Waals surface area contributed by atoms with E-state index in [4.69, 9.17) is 9.47 Å². The van der Waals surface area contributed by atoms with Gasteiger partial charge in [-0.25, -0.2) is 4.98 Å². The van der Waals surface area contributed by atoms with Crippen LogP contribution in [-0.2, 0) is 13.2 Å². The highest BCUT2D eigenvalue weighted by Crippen LogP contribution is 2.29. The van der Waals surface area contributed by atoms with E-state index < -0.39 is 6.61 Å². The number of aromatic nitrogens is 1. The van der Waals surface area contributed by atoms with Gasteiger partial charge >= 0.3 is 6.61 Å². The van der Waals surface area contributed by atoms with Crippen LogP contribution in [0, 0.1) is 0 Å². The van der Waals surface area contributed by atoms with Gasteiger partial charge in [0.05, 0.1) is 7.11 Å². The molecule has 0 aliphatic carbocycles. The van der Waals surface area contributed by atoms with Crippen LogP contribution in [-0.4, -0.2) is 24.6 Å². The van der Waals surface area contributed by atoms with E-state index >= 15 is 0 Å². The Labute approximate surface area is 172 Å². The van der Waals surface area contributed by atoms with Gasteiger partial charge in [0.2, 0.25) is 5.88 Å². The maximum Gasteiger partial charge on any atom is 0.387 e. The van der Waals surface area contributed by atoms with E-state index in [9.17, 15) is 13.6 Å². The Bertz CT molecular complexity index is 984. The minimum absolute atomic E-state index is 0.0723. The summed E-state index contributed by atoms with van der Waals surface area (Å²) in [6.45, 7) is -2.44.